The molecule has 1 aromatic heterocycles. The summed E-state index contributed by atoms with van der Waals surface area (Å²) in [6.45, 7) is 8.97. The predicted molar refractivity (Wildman–Crippen MR) is 177 cm³/mol. The van der Waals surface area contributed by atoms with Crippen LogP contribution in [0.3, 0.4) is 0 Å². The van der Waals surface area contributed by atoms with E-state index in [1.807, 2.05) is 19.9 Å². The van der Waals surface area contributed by atoms with E-state index >= 15 is 0 Å². The van der Waals surface area contributed by atoms with Crippen molar-refractivity contribution in [3.05, 3.63) is 71.1 Å². The van der Waals surface area contributed by atoms with Gasteiger partial charge in [0.05, 0.1) is 30.4 Å². The van der Waals surface area contributed by atoms with Crippen molar-refractivity contribution in [1.82, 2.24) is 14.4 Å². The molecule has 2 amide bonds. The molecule has 0 unspecified atom stereocenters. The molecule has 0 fully saturated rings. The Kier molecular flexibility index (Phi) is 12.2. The topological polar surface area (TPSA) is 152 Å². The van der Waals surface area contributed by atoms with Gasteiger partial charge in [-0.2, -0.15) is 4.31 Å². The molecule has 1 aliphatic heterocycles. The number of aromatic nitrogens is 1. The zero-order valence-corrected chi connectivity index (χ0v) is 28.7. The van der Waals surface area contributed by atoms with Crippen molar-refractivity contribution < 1.29 is 37.1 Å². The second-order valence-electron chi connectivity index (χ2n) is 12.3. The normalized spacial score (nSPS) is 20.6. The molecule has 3 aromatic rings. The van der Waals surface area contributed by atoms with Crippen LogP contribution in [0.5, 0.6) is 5.75 Å². The molecule has 256 valence electrons. The molecule has 47 heavy (non-hydrogen) atoms. The second-order valence-corrected chi connectivity index (χ2v) is 14.3. The molecular formula is C34H46N4O8S. The molecular weight excluding hydrogens is 624 g/mol. The molecule has 13 heteroatoms. The van der Waals surface area contributed by atoms with Crippen molar-refractivity contribution in [2.45, 2.75) is 77.0 Å². The molecule has 2 N–H and O–H groups in total. The van der Waals surface area contributed by atoms with Gasteiger partial charge in [-0.05, 0) is 77.3 Å². The lowest BCUT2D eigenvalue weighted by Gasteiger charge is -2.35. The van der Waals surface area contributed by atoms with E-state index in [1.54, 1.807) is 68.1 Å². The van der Waals surface area contributed by atoms with Crippen molar-refractivity contribution in [3.63, 3.8) is 0 Å². The zero-order chi connectivity index (χ0) is 34.3. The third-order valence-electron chi connectivity index (χ3n) is 8.42. The highest BCUT2D eigenvalue weighted by Crippen LogP contribution is 2.29. The van der Waals surface area contributed by atoms with Gasteiger partial charge < -0.3 is 29.3 Å². The molecule has 0 aliphatic carbocycles. The smallest absolute Gasteiger partial charge is 0.258 e. The van der Waals surface area contributed by atoms with Crippen molar-refractivity contribution in [3.8, 4) is 5.75 Å². The molecule has 0 saturated heterocycles. The number of aryl methyl sites for hydroxylation is 2. The number of amides is 2. The summed E-state index contributed by atoms with van der Waals surface area (Å²) in [4.78, 5) is 28.8. The van der Waals surface area contributed by atoms with Gasteiger partial charge in [-0.3, -0.25) is 9.59 Å². The van der Waals surface area contributed by atoms with Gasteiger partial charge in [0.2, 0.25) is 10.0 Å². The van der Waals surface area contributed by atoms with Gasteiger partial charge in [0.1, 0.15) is 16.3 Å². The first-order valence-corrected chi connectivity index (χ1v) is 17.4. The average molecular weight is 671 g/mol. The highest BCUT2D eigenvalue weighted by molar-refractivity contribution is 7.89. The third kappa shape index (κ3) is 8.78. The summed E-state index contributed by atoms with van der Waals surface area (Å²) < 4.78 is 46.0. The van der Waals surface area contributed by atoms with Crippen LogP contribution in [-0.2, 0) is 14.8 Å². The molecule has 2 aromatic carbocycles. The quantitative estimate of drug-likeness (QED) is 0.349. The van der Waals surface area contributed by atoms with Gasteiger partial charge in [0, 0.05) is 43.9 Å². The summed E-state index contributed by atoms with van der Waals surface area (Å²) in [5.74, 6) is -0.486. The van der Waals surface area contributed by atoms with E-state index in [2.05, 4.69) is 10.5 Å². The third-order valence-corrected chi connectivity index (χ3v) is 10.5. The van der Waals surface area contributed by atoms with Crippen LogP contribution >= 0.6 is 0 Å². The first-order chi connectivity index (χ1) is 22.3. The first kappa shape index (κ1) is 36.1. The van der Waals surface area contributed by atoms with Crippen LogP contribution in [0.2, 0.25) is 0 Å². The van der Waals surface area contributed by atoms with E-state index in [1.165, 1.54) is 11.4 Å². The summed E-state index contributed by atoms with van der Waals surface area (Å²) in [6.07, 6.45) is 1.41. The standard InChI is InChI=1S/C34H46N4O8S/c1-22-19-38(23(2)21-39)34(41)29-18-28(35-33(40)27-13-8-7-9-14-27)15-16-30(29)45-24(3)12-10-11-17-44-31(22)20-37(6)47(42,43)32-25(4)36-46-26(32)5/h7-9,13-16,18,22-24,31,39H,10-12,17,19-21H2,1-6H3,(H,35,40)/t22-,23+,24+,31+/m1/s1. The maximum absolute atomic E-state index is 14.3. The number of carbonyl (C=O) groups is 2. The van der Waals surface area contributed by atoms with E-state index in [9.17, 15) is 23.1 Å². The number of sulfonamides is 1. The summed E-state index contributed by atoms with van der Waals surface area (Å²) in [7, 11) is -2.45. The van der Waals surface area contributed by atoms with E-state index in [0.29, 0.717) is 30.0 Å². The van der Waals surface area contributed by atoms with E-state index in [-0.39, 0.29) is 59.5 Å². The molecule has 0 bridgehead atoms. The molecule has 4 rings (SSSR count). The van der Waals surface area contributed by atoms with Crippen molar-refractivity contribution in [2.75, 3.05) is 38.7 Å². The molecule has 4 atom stereocenters. The van der Waals surface area contributed by atoms with Crippen LogP contribution in [-0.4, -0.2) is 91.3 Å². The number of likely N-dealkylation sites (N-methyl/N-ethyl adjacent to an activating group) is 1. The fraction of sp³-hybridized carbons (Fsp3) is 0.500. The van der Waals surface area contributed by atoms with Gasteiger partial charge in [-0.1, -0.05) is 30.3 Å². The lowest BCUT2D eigenvalue weighted by molar-refractivity contribution is -0.00835. The van der Waals surface area contributed by atoms with Crippen molar-refractivity contribution in [2.24, 2.45) is 5.92 Å². The maximum atomic E-state index is 14.3. The SMILES string of the molecule is Cc1noc(C)c1S(=O)(=O)N(C)C[C@@H]1OCCCC[C@H](C)Oc2ccc(NC(=O)c3ccccc3)cc2C(=O)N([C@@H](C)CO)C[C@H]1C. The number of rotatable bonds is 8. The summed E-state index contributed by atoms with van der Waals surface area (Å²) in [5.41, 5.74) is 1.40. The number of aliphatic hydroxyl groups excluding tert-OH is 1. The number of carbonyl (C=O) groups excluding carboxylic acids is 2. The number of hydrogen-bond acceptors (Lipinski definition) is 9. The summed E-state index contributed by atoms with van der Waals surface area (Å²) in [6, 6.07) is 13.2. The van der Waals surface area contributed by atoms with Gasteiger partial charge in [-0.15, -0.1) is 0 Å². The van der Waals surface area contributed by atoms with Gasteiger partial charge in [0.15, 0.2) is 5.76 Å². The Bertz CT molecular complexity index is 1610. The van der Waals surface area contributed by atoms with Crippen LogP contribution in [0, 0.1) is 19.8 Å². The number of nitrogens with one attached hydrogen (secondary N) is 1. The summed E-state index contributed by atoms with van der Waals surface area (Å²) in [5, 5.41) is 16.9. The van der Waals surface area contributed by atoms with Crippen LogP contribution in [0.25, 0.3) is 0 Å². The maximum Gasteiger partial charge on any atom is 0.258 e. The Morgan fingerprint density at radius 3 is 2.53 bits per heavy atom. The number of aliphatic hydroxyl groups is 1. The van der Waals surface area contributed by atoms with E-state index < -0.39 is 28.1 Å². The minimum absolute atomic E-state index is 0.0227. The minimum atomic E-state index is -3.94. The molecule has 0 radical (unpaired) electrons. The Balaban J connectivity index is 1.66. The second kappa shape index (κ2) is 15.9. The van der Waals surface area contributed by atoms with Gasteiger partial charge in [-0.25, -0.2) is 8.42 Å². The Hall–Kier alpha value is -3.78. The predicted octanol–water partition coefficient (Wildman–Crippen LogP) is 4.66. The number of fused-ring (bicyclic) bond motifs is 1. The number of anilines is 1. The molecule has 1 aliphatic rings. The average Bonchev–Trinajstić information content (AvgIpc) is 3.40. The zero-order valence-electron chi connectivity index (χ0n) is 27.9. The van der Waals surface area contributed by atoms with Crippen LogP contribution < -0.4 is 10.1 Å². The van der Waals surface area contributed by atoms with Gasteiger partial charge in [0.25, 0.3) is 11.8 Å². The lowest BCUT2D eigenvalue weighted by Crippen LogP contribution is -2.48. The van der Waals surface area contributed by atoms with Crippen LogP contribution in [0.1, 0.15) is 72.2 Å². The molecule has 12 nitrogen and oxygen atoms in total. The highest BCUT2D eigenvalue weighted by atomic mass is 32.2. The largest absolute Gasteiger partial charge is 0.490 e. The Labute approximate surface area is 277 Å². The number of hydrogen-bond donors (Lipinski definition) is 2. The molecule has 2 heterocycles. The fourth-order valence-electron chi connectivity index (χ4n) is 5.61. The summed E-state index contributed by atoms with van der Waals surface area (Å²) >= 11 is 0. The number of nitrogens with zero attached hydrogens (tertiary/aromatic N) is 3. The lowest BCUT2D eigenvalue weighted by atomic mass is 10.0. The number of ether oxygens (including phenoxy) is 2. The molecule has 0 spiro atoms. The molecule has 0 saturated carbocycles. The minimum Gasteiger partial charge on any atom is -0.490 e. The van der Waals surface area contributed by atoms with E-state index in [0.717, 1.165) is 12.8 Å². The highest BCUT2D eigenvalue weighted by Gasteiger charge is 2.34. The fourth-order valence-corrected chi connectivity index (χ4v) is 7.07. The van der Waals surface area contributed by atoms with Crippen molar-refractivity contribution in [1.29, 1.82) is 0 Å². The van der Waals surface area contributed by atoms with Crippen LogP contribution in [0.4, 0.5) is 5.69 Å². The van der Waals surface area contributed by atoms with Crippen molar-refractivity contribution >= 4 is 27.5 Å². The van der Waals surface area contributed by atoms with Gasteiger partial charge >= 0.3 is 0 Å². The first-order valence-electron chi connectivity index (χ1n) is 15.9. The monoisotopic (exact) mass is 670 g/mol. The Morgan fingerprint density at radius 1 is 1.15 bits per heavy atom. The number of benzene rings is 2. The van der Waals surface area contributed by atoms with E-state index in [4.69, 9.17) is 14.0 Å². The van der Waals surface area contributed by atoms with Crippen LogP contribution in [0.15, 0.2) is 57.9 Å². The Morgan fingerprint density at radius 2 is 1.87 bits per heavy atom.